The summed E-state index contributed by atoms with van der Waals surface area (Å²) in [6.45, 7) is 8.05. The third kappa shape index (κ3) is 8.85. The molecule has 0 aliphatic carbocycles. The quantitative estimate of drug-likeness (QED) is 0.148. The number of anilines is 1. The minimum absolute atomic E-state index is 0.0974. The molecule has 0 bridgehead atoms. The minimum atomic E-state index is -4.15. The van der Waals surface area contributed by atoms with Crippen LogP contribution in [0.2, 0.25) is 0 Å². The van der Waals surface area contributed by atoms with Crippen molar-refractivity contribution in [3.05, 3.63) is 131 Å². The number of nitrogens with one attached hydrogen (secondary N) is 1. The molecule has 1 unspecified atom stereocenters. The summed E-state index contributed by atoms with van der Waals surface area (Å²) in [7, 11) is -4.15. The number of unbranched alkanes of at least 4 members (excludes halogenated alkanes) is 1. The molecule has 0 aromatic heterocycles. The fraction of sp³-hybridized carbons (Fsp3) is 0.316. The highest BCUT2D eigenvalue weighted by Gasteiger charge is 2.35. The third-order valence-corrected chi connectivity index (χ3v) is 9.84. The molecule has 1 N–H and O–H groups in total. The Labute approximate surface area is 274 Å². The maximum atomic E-state index is 14.7. The van der Waals surface area contributed by atoms with E-state index >= 15 is 0 Å². The van der Waals surface area contributed by atoms with Crippen LogP contribution in [0.15, 0.2) is 108 Å². The average molecular weight is 640 g/mol. The van der Waals surface area contributed by atoms with E-state index in [1.165, 1.54) is 4.31 Å². The van der Waals surface area contributed by atoms with Crippen LogP contribution in [0, 0.1) is 13.8 Å². The lowest BCUT2D eigenvalue weighted by Gasteiger charge is -2.34. The summed E-state index contributed by atoms with van der Waals surface area (Å²) >= 11 is 0. The van der Waals surface area contributed by atoms with Crippen molar-refractivity contribution in [3.63, 3.8) is 0 Å². The van der Waals surface area contributed by atoms with E-state index in [4.69, 9.17) is 0 Å². The first-order valence-electron chi connectivity index (χ1n) is 16.0. The largest absolute Gasteiger partial charge is 0.354 e. The van der Waals surface area contributed by atoms with Crippen molar-refractivity contribution >= 4 is 27.5 Å². The zero-order chi connectivity index (χ0) is 33.1. The zero-order valence-electron chi connectivity index (χ0n) is 27.3. The Morgan fingerprint density at radius 2 is 1.46 bits per heavy atom. The standard InChI is InChI=1S/C38H45N3O4S/c1-5-7-24-39-38(43)36(26-31-15-9-8-10-16-31)40(27-32-17-13-14-30(4)25-32)37(42)28-41(35-19-12-11-18-33(35)6-2)46(44,45)34-22-20-29(3)21-23-34/h8-23,25,36H,5-7,24,26-28H2,1-4H3,(H,39,43). The number of carbonyl (C=O) groups excluding carboxylic acids is 2. The van der Waals surface area contributed by atoms with Crippen molar-refractivity contribution in [3.8, 4) is 0 Å². The van der Waals surface area contributed by atoms with Crippen molar-refractivity contribution in [1.29, 1.82) is 0 Å². The van der Waals surface area contributed by atoms with Crippen molar-refractivity contribution in [2.45, 2.75) is 70.9 Å². The molecule has 0 spiro atoms. The van der Waals surface area contributed by atoms with Crippen LogP contribution in [-0.4, -0.2) is 44.3 Å². The van der Waals surface area contributed by atoms with Gasteiger partial charge in [-0.05, 0) is 61.6 Å². The van der Waals surface area contributed by atoms with Crippen LogP contribution in [0.25, 0.3) is 0 Å². The number of amides is 2. The molecule has 0 saturated carbocycles. The predicted octanol–water partition coefficient (Wildman–Crippen LogP) is 6.62. The first-order valence-corrected chi connectivity index (χ1v) is 17.4. The van der Waals surface area contributed by atoms with Crippen LogP contribution >= 0.6 is 0 Å². The van der Waals surface area contributed by atoms with Gasteiger partial charge in [-0.1, -0.05) is 116 Å². The molecule has 7 nitrogen and oxygen atoms in total. The second-order valence-corrected chi connectivity index (χ2v) is 13.5. The van der Waals surface area contributed by atoms with E-state index in [0.29, 0.717) is 18.7 Å². The van der Waals surface area contributed by atoms with E-state index in [1.807, 2.05) is 87.5 Å². The van der Waals surface area contributed by atoms with Gasteiger partial charge >= 0.3 is 0 Å². The van der Waals surface area contributed by atoms with Gasteiger partial charge in [0.05, 0.1) is 10.6 Å². The fourth-order valence-electron chi connectivity index (χ4n) is 5.47. The topological polar surface area (TPSA) is 86.8 Å². The van der Waals surface area contributed by atoms with Crippen molar-refractivity contribution in [2.75, 3.05) is 17.4 Å². The zero-order valence-corrected chi connectivity index (χ0v) is 28.1. The van der Waals surface area contributed by atoms with Gasteiger partial charge in [0.2, 0.25) is 11.8 Å². The molecule has 0 aliphatic heterocycles. The molecule has 0 saturated heterocycles. The van der Waals surface area contributed by atoms with Gasteiger partial charge < -0.3 is 10.2 Å². The molecule has 0 heterocycles. The Morgan fingerprint density at radius 3 is 2.13 bits per heavy atom. The van der Waals surface area contributed by atoms with Crippen LogP contribution in [0.4, 0.5) is 5.69 Å². The molecule has 4 aromatic rings. The third-order valence-electron chi connectivity index (χ3n) is 8.07. The van der Waals surface area contributed by atoms with E-state index in [9.17, 15) is 18.0 Å². The number of hydrogen-bond donors (Lipinski definition) is 1. The van der Waals surface area contributed by atoms with E-state index in [0.717, 1.165) is 40.7 Å². The highest BCUT2D eigenvalue weighted by atomic mass is 32.2. The lowest BCUT2D eigenvalue weighted by atomic mass is 10.0. The summed E-state index contributed by atoms with van der Waals surface area (Å²) in [6, 6.07) is 30.4. The molecule has 242 valence electrons. The van der Waals surface area contributed by atoms with Crippen molar-refractivity contribution in [1.82, 2.24) is 10.2 Å². The summed E-state index contributed by atoms with van der Waals surface area (Å²) in [5, 5.41) is 3.04. The molecular weight excluding hydrogens is 595 g/mol. The Bertz CT molecular complexity index is 1710. The molecule has 0 radical (unpaired) electrons. The summed E-state index contributed by atoms with van der Waals surface area (Å²) in [4.78, 5) is 30.2. The lowest BCUT2D eigenvalue weighted by molar-refractivity contribution is -0.140. The first-order chi connectivity index (χ1) is 22.1. The van der Waals surface area contributed by atoms with Gasteiger partial charge in [-0.25, -0.2) is 8.42 Å². The molecule has 4 rings (SSSR count). The molecule has 4 aromatic carbocycles. The van der Waals surface area contributed by atoms with Gasteiger partial charge in [-0.15, -0.1) is 0 Å². The van der Waals surface area contributed by atoms with Crippen molar-refractivity contribution in [2.24, 2.45) is 0 Å². The van der Waals surface area contributed by atoms with E-state index in [2.05, 4.69) is 12.2 Å². The van der Waals surface area contributed by atoms with E-state index in [-0.39, 0.29) is 23.8 Å². The number of nitrogens with zero attached hydrogens (tertiary/aromatic N) is 2. The fourth-order valence-corrected chi connectivity index (χ4v) is 6.92. The number of aryl methyl sites for hydroxylation is 3. The normalized spacial score (nSPS) is 11.9. The monoisotopic (exact) mass is 639 g/mol. The molecule has 0 fully saturated rings. The number of carbonyl (C=O) groups is 2. The highest BCUT2D eigenvalue weighted by molar-refractivity contribution is 7.92. The Hall–Kier alpha value is -4.43. The first kappa shape index (κ1) is 34.4. The average Bonchev–Trinajstić information content (AvgIpc) is 3.05. The second kappa shape index (κ2) is 16.2. The van der Waals surface area contributed by atoms with E-state index < -0.39 is 28.5 Å². The summed E-state index contributed by atoms with van der Waals surface area (Å²) in [5.74, 6) is -0.727. The predicted molar refractivity (Wildman–Crippen MR) is 185 cm³/mol. The highest BCUT2D eigenvalue weighted by Crippen LogP contribution is 2.29. The van der Waals surface area contributed by atoms with Gasteiger partial charge in [-0.3, -0.25) is 13.9 Å². The maximum absolute atomic E-state index is 14.7. The molecule has 2 amide bonds. The summed E-state index contributed by atoms with van der Waals surface area (Å²) < 4.78 is 29.8. The van der Waals surface area contributed by atoms with Gasteiger partial charge in [0.25, 0.3) is 10.0 Å². The lowest BCUT2D eigenvalue weighted by Crippen LogP contribution is -2.53. The van der Waals surface area contributed by atoms with Gasteiger partial charge in [-0.2, -0.15) is 0 Å². The number of rotatable bonds is 15. The SMILES string of the molecule is CCCCNC(=O)C(Cc1ccccc1)N(Cc1cccc(C)c1)C(=O)CN(c1ccccc1CC)S(=O)(=O)c1ccc(C)cc1. The Kier molecular flexibility index (Phi) is 12.1. The molecule has 1 atom stereocenters. The molecule has 0 aliphatic rings. The maximum Gasteiger partial charge on any atom is 0.264 e. The van der Waals surface area contributed by atoms with Crippen LogP contribution < -0.4 is 9.62 Å². The number of hydrogen-bond acceptors (Lipinski definition) is 4. The summed E-state index contributed by atoms with van der Waals surface area (Å²) in [6.07, 6.45) is 2.59. The van der Waals surface area contributed by atoms with E-state index in [1.54, 1.807) is 41.3 Å². The molecular formula is C38H45N3O4S. The van der Waals surface area contributed by atoms with Crippen LogP contribution in [0.1, 0.15) is 54.5 Å². The second-order valence-electron chi connectivity index (χ2n) is 11.7. The summed E-state index contributed by atoms with van der Waals surface area (Å²) in [5.41, 5.74) is 4.96. The van der Waals surface area contributed by atoms with Crippen LogP contribution in [-0.2, 0) is 39.0 Å². The van der Waals surface area contributed by atoms with Crippen LogP contribution in [0.3, 0.4) is 0 Å². The number of para-hydroxylation sites is 1. The Balaban J connectivity index is 1.82. The van der Waals surface area contributed by atoms with Gasteiger partial charge in [0, 0.05) is 19.5 Å². The van der Waals surface area contributed by atoms with Gasteiger partial charge in [0.15, 0.2) is 0 Å². The van der Waals surface area contributed by atoms with Crippen molar-refractivity contribution < 1.29 is 18.0 Å². The van der Waals surface area contributed by atoms with Crippen LogP contribution in [0.5, 0.6) is 0 Å². The minimum Gasteiger partial charge on any atom is -0.354 e. The van der Waals surface area contributed by atoms with Gasteiger partial charge in [0.1, 0.15) is 12.6 Å². The number of benzene rings is 4. The molecule has 8 heteroatoms. The number of sulfonamides is 1. The smallest absolute Gasteiger partial charge is 0.264 e. The molecule has 46 heavy (non-hydrogen) atoms. The Morgan fingerprint density at radius 1 is 0.783 bits per heavy atom.